The van der Waals surface area contributed by atoms with Crippen LogP contribution in [-0.4, -0.2) is 16.1 Å². The zero-order valence-electron chi connectivity index (χ0n) is 11.1. The molecule has 1 aliphatic carbocycles. The Hall–Kier alpha value is -1.55. The smallest absolute Gasteiger partial charge is 0.150 e. The molecule has 0 atom stereocenters. The second-order valence-corrected chi connectivity index (χ2v) is 5.31. The van der Waals surface area contributed by atoms with E-state index in [1.807, 2.05) is 18.4 Å². The van der Waals surface area contributed by atoms with Gasteiger partial charge < -0.3 is 8.94 Å². The molecule has 0 aromatic carbocycles. The van der Waals surface area contributed by atoms with Crippen molar-refractivity contribution in [2.45, 2.75) is 51.2 Å². The van der Waals surface area contributed by atoms with Crippen LogP contribution in [0.5, 0.6) is 0 Å². The van der Waals surface area contributed by atoms with Gasteiger partial charge in [0.1, 0.15) is 0 Å². The van der Waals surface area contributed by atoms with E-state index in [9.17, 15) is 0 Å². The third-order valence-corrected chi connectivity index (χ3v) is 3.91. The molecule has 0 unspecified atom stereocenters. The summed E-state index contributed by atoms with van der Waals surface area (Å²) < 4.78 is 10.4. The van der Waals surface area contributed by atoms with Crippen LogP contribution >= 0.6 is 0 Å². The minimum Gasteiger partial charge on any atom is -0.472 e. The molecule has 1 fully saturated rings. The average Bonchev–Trinajstić information content (AvgIpc) is 3.12. The van der Waals surface area contributed by atoms with Gasteiger partial charge in [0.25, 0.3) is 0 Å². The monoisotopic (exact) mass is 260 g/mol. The van der Waals surface area contributed by atoms with Crippen LogP contribution in [0.15, 0.2) is 39.8 Å². The zero-order valence-corrected chi connectivity index (χ0v) is 11.1. The molecule has 4 heteroatoms. The first-order valence-electron chi connectivity index (χ1n) is 7.06. The summed E-state index contributed by atoms with van der Waals surface area (Å²) in [6.45, 7) is 1.75. The SMILES string of the molecule is c1cc(CN(Cc2ccoc2)C2CCCCC2)on1. The second-order valence-electron chi connectivity index (χ2n) is 5.31. The van der Waals surface area contributed by atoms with Crippen molar-refractivity contribution in [2.24, 2.45) is 0 Å². The van der Waals surface area contributed by atoms with Crippen LogP contribution in [0.4, 0.5) is 0 Å². The number of rotatable bonds is 5. The van der Waals surface area contributed by atoms with Gasteiger partial charge in [-0.3, -0.25) is 4.90 Å². The molecule has 3 rings (SSSR count). The van der Waals surface area contributed by atoms with Gasteiger partial charge in [-0.25, -0.2) is 0 Å². The van der Waals surface area contributed by atoms with E-state index in [0.29, 0.717) is 6.04 Å². The van der Waals surface area contributed by atoms with Gasteiger partial charge in [0.2, 0.25) is 0 Å². The molecule has 2 heterocycles. The van der Waals surface area contributed by atoms with Gasteiger partial charge in [-0.1, -0.05) is 24.4 Å². The molecule has 1 saturated carbocycles. The van der Waals surface area contributed by atoms with Crippen molar-refractivity contribution in [3.05, 3.63) is 42.2 Å². The highest BCUT2D eigenvalue weighted by Gasteiger charge is 2.22. The van der Waals surface area contributed by atoms with Crippen LogP contribution in [-0.2, 0) is 13.1 Å². The van der Waals surface area contributed by atoms with Gasteiger partial charge >= 0.3 is 0 Å². The molecular weight excluding hydrogens is 240 g/mol. The summed E-state index contributed by atoms with van der Waals surface area (Å²) in [4.78, 5) is 2.49. The highest BCUT2D eigenvalue weighted by molar-refractivity contribution is 5.06. The number of furan rings is 1. The van der Waals surface area contributed by atoms with Crippen LogP contribution in [0.25, 0.3) is 0 Å². The third kappa shape index (κ3) is 3.26. The Labute approximate surface area is 113 Å². The van der Waals surface area contributed by atoms with E-state index in [1.165, 1.54) is 37.7 Å². The molecule has 0 spiro atoms. The molecule has 4 nitrogen and oxygen atoms in total. The molecule has 0 N–H and O–H groups in total. The molecule has 0 aliphatic heterocycles. The lowest BCUT2D eigenvalue weighted by molar-refractivity contribution is 0.126. The van der Waals surface area contributed by atoms with E-state index in [4.69, 9.17) is 8.94 Å². The van der Waals surface area contributed by atoms with Crippen molar-refractivity contribution < 1.29 is 8.94 Å². The maximum absolute atomic E-state index is 5.26. The molecular formula is C15H20N2O2. The molecule has 2 aromatic heterocycles. The Morgan fingerprint density at radius 1 is 1.16 bits per heavy atom. The Bertz CT molecular complexity index is 422. The van der Waals surface area contributed by atoms with Gasteiger partial charge in [0, 0.05) is 24.2 Å². The third-order valence-electron chi connectivity index (χ3n) is 3.91. The fourth-order valence-corrected chi connectivity index (χ4v) is 2.90. The van der Waals surface area contributed by atoms with E-state index in [2.05, 4.69) is 10.1 Å². The normalized spacial score (nSPS) is 17.1. The largest absolute Gasteiger partial charge is 0.472 e. The summed E-state index contributed by atoms with van der Waals surface area (Å²) in [6.07, 6.45) is 11.9. The molecule has 0 saturated heterocycles. The molecule has 2 aromatic rings. The van der Waals surface area contributed by atoms with Crippen molar-refractivity contribution in [3.63, 3.8) is 0 Å². The van der Waals surface area contributed by atoms with Gasteiger partial charge in [-0.2, -0.15) is 0 Å². The van der Waals surface area contributed by atoms with Gasteiger partial charge in [0.15, 0.2) is 5.76 Å². The number of hydrogen-bond acceptors (Lipinski definition) is 4. The summed E-state index contributed by atoms with van der Waals surface area (Å²) in [5, 5.41) is 3.80. The van der Waals surface area contributed by atoms with Crippen molar-refractivity contribution in [3.8, 4) is 0 Å². The van der Waals surface area contributed by atoms with Crippen LogP contribution in [0, 0.1) is 0 Å². The lowest BCUT2D eigenvalue weighted by atomic mass is 9.94. The highest BCUT2D eigenvalue weighted by Crippen LogP contribution is 2.25. The fourth-order valence-electron chi connectivity index (χ4n) is 2.90. The Morgan fingerprint density at radius 3 is 2.74 bits per heavy atom. The van der Waals surface area contributed by atoms with E-state index in [0.717, 1.165) is 18.8 Å². The van der Waals surface area contributed by atoms with Crippen LogP contribution < -0.4 is 0 Å². The lowest BCUT2D eigenvalue weighted by Crippen LogP contribution is -2.35. The van der Waals surface area contributed by atoms with Crippen LogP contribution in [0.2, 0.25) is 0 Å². The Morgan fingerprint density at radius 2 is 2.05 bits per heavy atom. The summed E-state index contributed by atoms with van der Waals surface area (Å²) in [5.74, 6) is 0.939. The maximum Gasteiger partial charge on any atom is 0.150 e. The van der Waals surface area contributed by atoms with E-state index in [1.54, 1.807) is 12.5 Å². The topological polar surface area (TPSA) is 42.4 Å². The first-order chi connectivity index (χ1) is 9.42. The number of aromatic nitrogens is 1. The molecule has 0 radical (unpaired) electrons. The Balaban J connectivity index is 1.70. The maximum atomic E-state index is 5.26. The highest BCUT2D eigenvalue weighted by atomic mass is 16.5. The minimum atomic E-state index is 0.647. The van der Waals surface area contributed by atoms with E-state index in [-0.39, 0.29) is 0 Å². The first kappa shape index (κ1) is 12.5. The number of hydrogen-bond donors (Lipinski definition) is 0. The lowest BCUT2D eigenvalue weighted by Gasteiger charge is -2.33. The van der Waals surface area contributed by atoms with Gasteiger partial charge in [0.05, 0.1) is 25.3 Å². The van der Waals surface area contributed by atoms with Crippen molar-refractivity contribution in [2.75, 3.05) is 0 Å². The van der Waals surface area contributed by atoms with Crippen LogP contribution in [0.1, 0.15) is 43.4 Å². The zero-order chi connectivity index (χ0) is 12.9. The van der Waals surface area contributed by atoms with Gasteiger partial charge in [-0.15, -0.1) is 0 Å². The number of nitrogens with zero attached hydrogens (tertiary/aromatic N) is 2. The first-order valence-corrected chi connectivity index (χ1v) is 7.06. The average molecular weight is 260 g/mol. The summed E-state index contributed by atoms with van der Waals surface area (Å²) >= 11 is 0. The van der Waals surface area contributed by atoms with E-state index < -0.39 is 0 Å². The molecule has 0 amide bonds. The summed E-state index contributed by atoms with van der Waals surface area (Å²) in [6, 6.07) is 4.63. The predicted molar refractivity (Wildman–Crippen MR) is 71.3 cm³/mol. The molecule has 19 heavy (non-hydrogen) atoms. The fraction of sp³-hybridized carbons (Fsp3) is 0.533. The molecule has 0 bridgehead atoms. The van der Waals surface area contributed by atoms with Crippen molar-refractivity contribution in [1.82, 2.24) is 10.1 Å². The Kier molecular flexibility index (Phi) is 3.98. The van der Waals surface area contributed by atoms with Crippen LogP contribution in [0.3, 0.4) is 0 Å². The van der Waals surface area contributed by atoms with E-state index >= 15 is 0 Å². The van der Waals surface area contributed by atoms with Gasteiger partial charge in [-0.05, 0) is 18.9 Å². The molecule has 102 valence electrons. The van der Waals surface area contributed by atoms with Crippen molar-refractivity contribution in [1.29, 1.82) is 0 Å². The standard InChI is InChI=1S/C15H20N2O2/c1-2-4-14(5-3-1)17(10-13-7-9-18-12-13)11-15-6-8-16-19-15/h6-9,12,14H,1-5,10-11H2. The molecule has 1 aliphatic rings. The second kappa shape index (κ2) is 6.06. The quantitative estimate of drug-likeness (QED) is 0.823. The summed E-state index contributed by atoms with van der Waals surface area (Å²) in [7, 11) is 0. The minimum absolute atomic E-state index is 0.647. The summed E-state index contributed by atoms with van der Waals surface area (Å²) in [5.41, 5.74) is 1.23. The van der Waals surface area contributed by atoms with Crippen molar-refractivity contribution >= 4 is 0 Å². The predicted octanol–water partition coefficient (Wildman–Crippen LogP) is 3.60.